The molecule has 25 heavy (non-hydrogen) atoms. The molecule has 1 atom stereocenters. The summed E-state index contributed by atoms with van der Waals surface area (Å²) >= 11 is 0. The fourth-order valence-electron chi connectivity index (χ4n) is 2.30. The van der Waals surface area contributed by atoms with Crippen LogP contribution in [0.5, 0.6) is 0 Å². The van der Waals surface area contributed by atoms with Crippen molar-refractivity contribution in [3.63, 3.8) is 0 Å². The summed E-state index contributed by atoms with van der Waals surface area (Å²) in [7, 11) is 0. The number of halogens is 2. The molecule has 2 aromatic rings. The maximum Gasteiger partial charge on any atom is 0.338 e. The van der Waals surface area contributed by atoms with Crippen LogP contribution in [0.3, 0.4) is 0 Å². The van der Waals surface area contributed by atoms with Crippen LogP contribution in [0.4, 0.5) is 8.78 Å². The number of nitrogens with one attached hydrogen (secondary N) is 1. The minimum atomic E-state index is -0.749. The van der Waals surface area contributed by atoms with E-state index in [1.807, 2.05) is 19.1 Å². The van der Waals surface area contributed by atoms with Crippen LogP contribution in [0.15, 0.2) is 42.5 Å². The lowest BCUT2D eigenvalue weighted by Crippen LogP contribution is -2.31. The summed E-state index contributed by atoms with van der Waals surface area (Å²) in [5, 5.41) is 2.50. The van der Waals surface area contributed by atoms with Gasteiger partial charge in [0.2, 0.25) is 0 Å². The average molecular weight is 347 g/mol. The third kappa shape index (κ3) is 5.11. The molecule has 0 radical (unpaired) electrons. The summed E-state index contributed by atoms with van der Waals surface area (Å²) in [5.74, 6) is -2.63. The summed E-state index contributed by atoms with van der Waals surface area (Å²) in [6, 6.07) is 9.34. The van der Waals surface area contributed by atoms with Gasteiger partial charge in [-0.15, -0.1) is 0 Å². The van der Waals surface area contributed by atoms with Crippen molar-refractivity contribution in [1.29, 1.82) is 0 Å². The lowest BCUT2D eigenvalue weighted by atomic mass is 10.1. The van der Waals surface area contributed by atoms with E-state index in [0.29, 0.717) is 5.56 Å². The molecule has 0 unspecified atom stereocenters. The van der Waals surface area contributed by atoms with E-state index in [9.17, 15) is 18.4 Å². The van der Waals surface area contributed by atoms with Gasteiger partial charge in [-0.25, -0.2) is 13.6 Å². The van der Waals surface area contributed by atoms with Crippen molar-refractivity contribution >= 4 is 11.9 Å². The van der Waals surface area contributed by atoms with Crippen molar-refractivity contribution in [2.75, 3.05) is 6.61 Å². The van der Waals surface area contributed by atoms with Crippen molar-refractivity contribution in [2.45, 2.75) is 26.3 Å². The van der Waals surface area contributed by atoms with E-state index in [0.717, 1.165) is 24.1 Å². The average Bonchev–Trinajstić information content (AvgIpc) is 2.59. The van der Waals surface area contributed by atoms with Gasteiger partial charge in [-0.3, -0.25) is 4.79 Å². The molecular weight excluding hydrogens is 328 g/mol. The third-order valence-corrected chi connectivity index (χ3v) is 3.74. The van der Waals surface area contributed by atoms with Crippen LogP contribution in [-0.2, 0) is 16.0 Å². The molecule has 1 amide bonds. The lowest BCUT2D eigenvalue weighted by Gasteiger charge is -2.15. The van der Waals surface area contributed by atoms with Crippen molar-refractivity contribution in [2.24, 2.45) is 0 Å². The summed E-state index contributed by atoms with van der Waals surface area (Å²) in [4.78, 5) is 23.7. The fourth-order valence-corrected chi connectivity index (χ4v) is 2.30. The lowest BCUT2D eigenvalue weighted by molar-refractivity contribution is -0.124. The topological polar surface area (TPSA) is 55.4 Å². The molecule has 0 spiro atoms. The van der Waals surface area contributed by atoms with Gasteiger partial charge in [0.15, 0.2) is 6.61 Å². The van der Waals surface area contributed by atoms with Crippen LogP contribution < -0.4 is 5.32 Å². The van der Waals surface area contributed by atoms with Gasteiger partial charge in [0, 0.05) is 11.6 Å². The Bertz CT molecular complexity index is 760. The predicted octanol–water partition coefficient (Wildman–Crippen LogP) is 3.56. The maximum absolute atomic E-state index is 13.7. The molecule has 0 bridgehead atoms. The van der Waals surface area contributed by atoms with Gasteiger partial charge < -0.3 is 10.1 Å². The van der Waals surface area contributed by atoms with E-state index >= 15 is 0 Å². The molecule has 0 saturated heterocycles. The van der Waals surface area contributed by atoms with Crippen LogP contribution in [-0.4, -0.2) is 18.5 Å². The quantitative estimate of drug-likeness (QED) is 0.813. The molecule has 0 saturated carbocycles. The Labute approximate surface area is 144 Å². The highest BCUT2D eigenvalue weighted by molar-refractivity contribution is 5.91. The predicted molar refractivity (Wildman–Crippen MR) is 89.0 cm³/mol. The highest BCUT2D eigenvalue weighted by atomic mass is 19.1. The second kappa shape index (κ2) is 8.37. The first kappa shape index (κ1) is 18.6. The Balaban J connectivity index is 1.88. The summed E-state index contributed by atoms with van der Waals surface area (Å²) < 4.78 is 31.5. The molecule has 132 valence electrons. The number of hydrogen-bond donors (Lipinski definition) is 1. The summed E-state index contributed by atoms with van der Waals surface area (Å²) in [6.07, 6.45) is 0.857. The monoisotopic (exact) mass is 347 g/mol. The van der Waals surface area contributed by atoms with Crippen LogP contribution in [0.2, 0.25) is 0 Å². The number of ether oxygens (including phenoxy) is 1. The van der Waals surface area contributed by atoms with E-state index in [2.05, 4.69) is 5.32 Å². The van der Waals surface area contributed by atoms with Gasteiger partial charge in [0.05, 0.1) is 11.6 Å². The van der Waals surface area contributed by atoms with Gasteiger partial charge in [-0.2, -0.15) is 0 Å². The van der Waals surface area contributed by atoms with Gasteiger partial charge in [0.1, 0.15) is 11.6 Å². The molecule has 0 aliphatic heterocycles. The standard InChI is InChI=1S/C19H19F2NO3/c1-3-13-4-6-14(7-5-13)19(24)25-11-18(23)22-12(2)16-9-8-15(20)10-17(16)21/h4-10,12H,3,11H2,1-2H3,(H,22,23)/t12-/m0/s1. The molecule has 0 fully saturated rings. The van der Waals surface area contributed by atoms with Crippen molar-refractivity contribution in [3.05, 3.63) is 70.8 Å². The third-order valence-electron chi connectivity index (χ3n) is 3.74. The largest absolute Gasteiger partial charge is 0.452 e. The number of aryl methyl sites for hydroxylation is 1. The molecule has 6 heteroatoms. The van der Waals surface area contributed by atoms with E-state index in [1.54, 1.807) is 19.1 Å². The second-order valence-corrected chi connectivity index (χ2v) is 5.58. The second-order valence-electron chi connectivity index (χ2n) is 5.58. The van der Waals surface area contributed by atoms with Crippen molar-refractivity contribution in [1.82, 2.24) is 5.32 Å². The first-order valence-corrected chi connectivity index (χ1v) is 7.91. The number of amides is 1. The summed E-state index contributed by atoms with van der Waals surface area (Å²) in [5.41, 5.74) is 1.59. The van der Waals surface area contributed by atoms with Gasteiger partial charge in [-0.1, -0.05) is 25.1 Å². The molecule has 0 aliphatic carbocycles. The zero-order valence-corrected chi connectivity index (χ0v) is 14.0. The van der Waals surface area contributed by atoms with Gasteiger partial charge in [0.25, 0.3) is 5.91 Å². The molecule has 2 aromatic carbocycles. The zero-order chi connectivity index (χ0) is 18.4. The van der Waals surface area contributed by atoms with Crippen LogP contribution in [0.1, 0.15) is 41.4 Å². The highest BCUT2D eigenvalue weighted by Crippen LogP contribution is 2.17. The van der Waals surface area contributed by atoms with E-state index in [4.69, 9.17) is 4.74 Å². The SMILES string of the molecule is CCc1ccc(C(=O)OCC(=O)N[C@@H](C)c2ccc(F)cc2F)cc1. The minimum absolute atomic E-state index is 0.149. The Morgan fingerprint density at radius 1 is 1.12 bits per heavy atom. The summed E-state index contributed by atoms with van der Waals surface area (Å²) in [6.45, 7) is 3.07. The molecule has 0 aliphatic rings. The van der Waals surface area contributed by atoms with Crippen LogP contribution in [0, 0.1) is 11.6 Å². The van der Waals surface area contributed by atoms with E-state index in [1.165, 1.54) is 6.07 Å². The number of hydrogen-bond acceptors (Lipinski definition) is 3. The molecule has 2 rings (SSSR count). The molecule has 1 N–H and O–H groups in total. The van der Waals surface area contributed by atoms with Crippen molar-refractivity contribution < 1.29 is 23.1 Å². The Morgan fingerprint density at radius 2 is 1.80 bits per heavy atom. The Hall–Kier alpha value is -2.76. The fraction of sp³-hybridized carbons (Fsp3) is 0.263. The molecule has 0 heterocycles. The van der Waals surface area contributed by atoms with Crippen LogP contribution >= 0.6 is 0 Å². The van der Waals surface area contributed by atoms with E-state index < -0.39 is 36.2 Å². The number of carbonyl (C=O) groups is 2. The normalized spacial score (nSPS) is 11.7. The zero-order valence-electron chi connectivity index (χ0n) is 14.0. The minimum Gasteiger partial charge on any atom is -0.452 e. The first-order chi connectivity index (χ1) is 11.9. The molecule has 4 nitrogen and oxygen atoms in total. The first-order valence-electron chi connectivity index (χ1n) is 7.91. The molecule has 0 aromatic heterocycles. The number of benzene rings is 2. The Morgan fingerprint density at radius 3 is 2.40 bits per heavy atom. The van der Waals surface area contributed by atoms with E-state index in [-0.39, 0.29) is 5.56 Å². The van der Waals surface area contributed by atoms with Gasteiger partial charge >= 0.3 is 5.97 Å². The number of esters is 1. The number of carbonyl (C=O) groups excluding carboxylic acids is 2. The van der Waals surface area contributed by atoms with Crippen LogP contribution in [0.25, 0.3) is 0 Å². The van der Waals surface area contributed by atoms with Gasteiger partial charge in [-0.05, 0) is 37.1 Å². The smallest absolute Gasteiger partial charge is 0.338 e. The molecular formula is C19H19F2NO3. The maximum atomic E-state index is 13.7. The number of rotatable bonds is 6. The Kier molecular flexibility index (Phi) is 6.22. The van der Waals surface area contributed by atoms with Crippen molar-refractivity contribution in [3.8, 4) is 0 Å². The highest BCUT2D eigenvalue weighted by Gasteiger charge is 2.16.